The summed E-state index contributed by atoms with van der Waals surface area (Å²) in [6, 6.07) is 75.9. The molecule has 0 atom stereocenters. The minimum absolute atomic E-state index is 0.410. The summed E-state index contributed by atoms with van der Waals surface area (Å²) >= 11 is 0. The third-order valence-corrected chi connectivity index (χ3v) is 11.0. The molecule has 9 aromatic rings. The molecule has 0 saturated carbocycles. The lowest BCUT2D eigenvalue weighted by atomic mass is 9.67. The zero-order valence-corrected chi connectivity index (χ0v) is 28.1. The molecule has 0 unspecified atom stereocenters. The van der Waals surface area contributed by atoms with Crippen LogP contribution in [0.15, 0.2) is 206 Å². The van der Waals surface area contributed by atoms with Gasteiger partial charge >= 0.3 is 0 Å². The molecular weight excluding hydrogens is 613 g/mol. The van der Waals surface area contributed by atoms with Gasteiger partial charge in [0, 0.05) is 0 Å². The van der Waals surface area contributed by atoms with Crippen molar-refractivity contribution in [1.29, 1.82) is 0 Å². The summed E-state index contributed by atoms with van der Waals surface area (Å²) in [6.45, 7) is 0. The maximum absolute atomic E-state index is 2.38. The van der Waals surface area contributed by atoms with Crippen molar-refractivity contribution in [1.82, 2.24) is 0 Å². The van der Waals surface area contributed by atoms with Gasteiger partial charge in [0.25, 0.3) is 0 Å². The summed E-state index contributed by atoms with van der Waals surface area (Å²) in [5.74, 6) is 0. The molecule has 0 saturated heterocycles. The highest BCUT2D eigenvalue weighted by Gasteiger charge is 2.45. The largest absolute Gasteiger partial charge is 0.0713 e. The predicted molar refractivity (Wildman–Crippen MR) is 215 cm³/mol. The normalized spacial score (nSPS) is 12.9. The van der Waals surface area contributed by atoms with Crippen LogP contribution in [0.4, 0.5) is 0 Å². The number of hydrogen-bond acceptors (Lipinski definition) is 0. The second-order valence-electron chi connectivity index (χ2n) is 13.6. The average Bonchev–Trinajstić information content (AvgIpc) is 3.52. The van der Waals surface area contributed by atoms with E-state index in [4.69, 9.17) is 0 Å². The molecule has 0 nitrogen and oxygen atoms in total. The molecule has 0 heteroatoms. The first-order valence-electron chi connectivity index (χ1n) is 17.8. The summed E-state index contributed by atoms with van der Waals surface area (Å²) in [4.78, 5) is 0. The molecule has 0 amide bonds. The third kappa shape index (κ3) is 4.47. The fraction of sp³-hybridized carbons (Fsp3) is 0.0196. The van der Waals surface area contributed by atoms with E-state index in [-0.39, 0.29) is 0 Å². The number of benzene rings is 9. The highest BCUT2D eigenvalue weighted by Crippen LogP contribution is 2.56. The summed E-state index contributed by atoms with van der Waals surface area (Å²) in [5, 5.41) is 5.06. The maximum Gasteiger partial charge on any atom is 0.0713 e. The Kier molecular flexibility index (Phi) is 6.82. The van der Waals surface area contributed by atoms with E-state index in [0.29, 0.717) is 0 Å². The van der Waals surface area contributed by atoms with Crippen molar-refractivity contribution < 1.29 is 0 Å². The van der Waals surface area contributed by atoms with Gasteiger partial charge in [-0.2, -0.15) is 0 Å². The smallest absolute Gasteiger partial charge is 0.0622 e. The molecule has 238 valence electrons. The fourth-order valence-corrected chi connectivity index (χ4v) is 8.81. The van der Waals surface area contributed by atoms with Crippen molar-refractivity contribution in [2.45, 2.75) is 5.41 Å². The van der Waals surface area contributed by atoms with Crippen LogP contribution in [0.5, 0.6) is 0 Å². The molecule has 0 heterocycles. The Morgan fingerprint density at radius 1 is 0.235 bits per heavy atom. The molecule has 0 radical (unpaired) electrons. The van der Waals surface area contributed by atoms with E-state index in [1.807, 2.05) is 0 Å². The van der Waals surface area contributed by atoms with Gasteiger partial charge < -0.3 is 0 Å². The lowest BCUT2D eigenvalue weighted by Gasteiger charge is -2.34. The van der Waals surface area contributed by atoms with E-state index in [9.17, 15) is 0 Å². The van der Waals surface area contributed by atoms with Gasteiger partial charge in [0.2, 0.25) is 0 Å². The molecule has 0 fully saturated rings. The van der Waals surface area contributed by atoms with Gasteiger partial charge in [-0.05, 0) is 88.3 Å². The fourth-order valence-electron chi connectivity index (χ4n) is 8.81. The van der Waals surface area contributed by atoms with E-state index in [2.05, 4.69) is 206 Å². The molecule has 1 aliphatic carbocycles. The minimum Gasteiger partial charge on any atom is -0.0622 e. The van der Waals surface area contributed by atoms with E-state index < -0.39 is 5.41 Å². The van der Waals surface area contributed by atoms with Crippen molar-refractivity contribution in [3.05, 3.63) is 229 Å². The molecule has 0 bridgehead atoms. The Balaban J connectivity index is 1.17. The van der Waals surface area contributed by atoms with Crippen LogP contribution in [-0.2, 0) is 5.41 Å². The zero-order valence-electron chi connectivity index (χ0n) is 28.1. The van der Waals surface area contributed by atoms with Crippen molar-refractivity contribution in [3.8, 4) is 44.5 Å². The van der Waals surface area contributed by atoms with Gasteiger partial charge in [0.15, 0.2) is 0 Å². The Morgan fingerprint density at radius 3 is 1.06 bits per heavy atom. The zero-order chi connectivity index (χ0) is 33.8. The van der Waals surface area contributed by atoms with Crippen molar-refractivity contribution >= 4 is 21.5 Å². The van der Waals surface area contributed by atoms with Crippen LogP contribution in [0.1, 0.15) is 22.3 Å². The molecule has 0 aliphatic heterocycles. The van der Waals surface area contributed by atoms with Gasteiger partial charge in [-0.25, -0.2) is 0 Å². The predicted octanol–water partition coefficient (Wildman–Crippen LogP) is 13.4. The van der Waals surface area contributed by atoms with Gasteiger partial charge in [-0.15, -0.1) is 0 Å². The first kappa shape index (κ1) is 29.4. The monoisotopic (exact) mass is 646 g/mol. The van der Waals surface area contributed by atoms with Crippen LogP contribution in [0.2, 0.25) is 0 Å². The molecule has 0 aromatic heterocycles. The molecule has 9 aromatic carbocycles. The number of fused-ring (bicyclic) bond motifs is 5. The Morgan fingerprint density at radius 2 is 0.569 bits per heavy atom. The summed E-state index contributed by atoms with van der Waals surface area (Å²) in [6.07, 6.45) is 0. The van der Waals surface area contributed by atoms with Crippen LogP contribution in [-0.4, -0.2) is 0 Å². The standard InChI is InChI=1S/C51H34/c1-3-15-35(16-4-1)36-27-29-37(30-28-36)49-43-21-7-9-23-45(43)50(46-24-10-8-22-44(46)49)38-31-33-40(34-32-38)51(39-17-5-2-6-18-39)47-25-13-11-19-41(47)42-20-12-14-26-48(42)51/h1-34H. The van der Waals surface area contributed by atoms with Gasteiger partial charge in [-0.1, -0.05) is 206 Å². The molecule has 0 spiro atoms. The number of hydrogen-bond donors (Lipinski definition) is 0. The topological polar surface area (TPSA) is 0 Å². The van der Waals surface area contributed by atoms with Gasteiger partial charge in [-0.3, -0.25) is 0 Å². The Labute approximate surface area is 298 Å². The average molecular weight is 647 g/mol. The number of rotatable bonds is 5. The van der Waals surface area contributed by atoms with E-state index in [1.165, 1.54) is 88.3 Å². The Hall–Kier alpha value is -6.50. The molecule has 0 N–H and O–H groups in total. The maximum atomic E-state index is 2.38. The third-order valence-electron chi connectivity index (χ3n) is 11.0. The van der Waals surface area contributed by atoms with Crippen LogP contribution in [0.25, 0.3) is 66.1 Å². The summed E-state index contributed by atoms with van der Waals surface area (Å²) in [7, 11) is 0. The van der Waals surface area contributed by atoms with E-state index in [1.54, 1.807) is 0 Å². The minimum atomic E-state index is -0.410. The van der Waals surface area contributed by atoms with Crippen molar-refractivity contribution in [2.75, 3.05) is 0 Å². The second-order valence-corrected chi connectivity index (χ2v) is 13.6. The van der Waals surface area contributed by atoms with Gasteiger partial charge in [0.1, 0.15) is 0 Å². The highest BCUT2D eigenvalue weighted by atomic mass is 14.5. The van der Waals surface area contributed by atoms with Crippen molar-refractivity contribution in [2.24, 2.45) is 0 Å². The first-order chi connectivity index (χ1) is 25.3. The summed E-state index contributed by atoms with van der Waals surface area (Å²) in [5.41, 5.74) is 14.9. The lowest BCUT2D eigenvalue weighted by molar-refractivity contribution is 0.768. The van der Waals surface area contributed by atoms with Crippen LogP contribution in [0, 0.1) is 0 Å². The van der Waals surface area contributed by atoms with Gasteiger partial charge in [0.05, 0.1) is 5.41 Å². The van der Waals surface area contributed by atoms with Crippen LogP contribution in [0.3, 0.4) is 0 Å². The SMILES string of the molecule is c1ccc(-c2ccc(-c3c4ccccc4c(-c4ccc(C5(c6ccccc6)c6ccccc6-c6ccccc65)cc4)c4ccccc34)cc2)cc1. The Bertz CT molecular complexity index is 2600. The highest BCUT2D eigenvalue weighted by molar-refractivity contribution is 6.21. The van der Waals surface area contributed by atoms with E-state index in [0.717, 1.165) is 0 Å². The van der Waals surface area contributed by atoms with Crippen LogP contribution >= 0.6 is 0 Å². The van der Waals surface area contributed by atoms with Crippen LogP contribution < -0.4 is 0 Å². The molecule has 1 aliphatic rings. The molecule has 51 heavy (non-hydrogen) atoms. The first-order valence-corrected chi connectivity index (χ1v) is 17.8. The summed E-state index contributed by atoms with van der Waals surface area (Å²) < 4.78 is 0. The lowest BCUT2D eigenvalue weighted by Crippen LogP contribution is -2.28. The molecular formula is C51H34. The van der Waals surface area contributed by atoms with Crippen molar-refractivity contribution in [3.63, 3.8) is 0 Å². The quantitative estimate of drug-likeness (QED) is 0.163. The second kappa shape index (κ2) is 11.8. The molecule has 10 rings (SSSR count). The van der Waals surface area contributed by atoms with E-state index >= 15 is 0 Å².